The maximum atomic E-state index is 11.6. The molecule has 1 heterocycles. The molecule has 8 heteroatoms. The van der Waals surface area contributed by atoms with E-state index in [2.05, 4.69) is 15.0 Å². The molecule has 1 N–H and O–H groups in total. The molecule has 0 aliphatic rings. The first-order valence-corrected chi connectivity index (χ1v) is 6.40. The molecule has 22 heavy (non-hydrogen) atoms. The predicted octanol–water partition coefficient (Wildman–Crippen LogP) is 2.61. The number of benzene rings is 1. The first-order valence-electron chi connectivity index (χ1n) is 6.40. The number of ether oxygens (including phenoxy) is 1. The number of carbonyl (C=O) groups is 1. The maximum Gasteiger partial charge on any atom is 0.331 e. The number of esters is 1. The van der Waals surface area contributed by atoms with Crippen molar-refractivity contribution in [3.8, 4) is 11.3 Å². The SMILES string of the molecule is COC(=O)C(C)(C)Nc1nc(-c2ccc([N+](=O)[O-])cc2)co1. The van der Waals surface area contributed by atoms with Crippen molar-refractivity contribution < 1.29 is 18.9 Å². The van der Waals surface area contributed by atoms with E-state index >= 15 is 0 Å². The van der Waals surface area contributed by atoms with Gasteiger partial charge < -0.3 is 14.5 Å². The summed E-state index contributed by atoms with van der Waals surface area (Å²) in [5.41, 5.74) is 0.167. The highest BCUT2D eigenvalue weighted by Crippen LogP contribution is 2.24. The van der Waals surface area contributed by atoms with Crippen molar-refractivity contribution >= 4 is 17.7 Å². The maximum absolute atomic E-state index is 11.6. The van der Waals surface area contributed by atoms with Crippen LogP contribution in [0.1, 0.15) is 13.8 Å². The van der Waals surface area contributed by atoms with Crippen LogP contribution in [0.4, 0.5) is 11.7 Å². The Morgan fingerprint density at radius 2 is 2.00 bits per heavy atom. The molecule has 0 amide bonds. The standard InChI is InChI=1S/C14H15N3O5/c1-14(2,12(18)21-3)16-13-15-11(8-22-13)9-4-6-10(7-5-9)17(19)20/h4-8H,1-3H3,(H,15,16). The molecular formula is C14H15N3O5. The molecule has 0 bridgehead atoms. The summed E-state index contributed by atoms with van der Waals surface area (Å²) in [5.74, 6) is -0.456. The topological polar surface area (TPSA) is 108 Å². The number of aromatic nitrogens is 1. The van der Waals surface area contributed by atoms with Gasteiger partial charge in [0.2, 0.25) is 0 Å². The monoisotopic (exact) mass is 305 g/mol. The number of carbonyl (C=O) groups excluding carboxylic acids is 1. The number of rotatable bonds is 5. The smallest absolute Gasteiger partial charge is 0.331 e. The van der Waals surface area contributed by atoms with Crippen LogP contribution in [0, 0.1) is 10.1 Å². The van der Waals surface area contributed by atoms with E-state index in [1.807, 2.05) is 0 Å². The van der Waals surface area contributed by atoms with Gasteiger partial charge in [0.15, 0.2) is 0 Å². The third-order valence-corrected chi connectivity index (χ3v) is 2.99. The fourth-order valence-corrected chi connectivity index (χ4v) is 1.79. The molecule has 0 aliphatic heterocycles. The van der Waals surface area contributed by atoms with Crippen molar-refractivity contribution in [3.63, 3.8) is 0 Å². The van der Waals surface area contributed by atoms with Crippen LogP contribution in [-0.4, -0.2) is 28.5 Å². The highest BCUT2D eigenvalue weighted by Gasteiger charge is 2.30. The van der Waals surface area contributed by atoms with Gasteiger partial charge in [0.25, 0.3) is 11.7 Å². The molecule has 8 nitrogen and oxygen atoms in total. The van der Waals surface area contributed by atoms with Gasteiger partial charge in [0.1, 0.15) is 17.5 Å². The average Bonchev–Trinajstić information content (AvgIpc) is 2.94. The van der Waals surface area contributed by atoms with Crippen LogP contribution in [0.15, 0.2) is 34.9 Å². The fraction of sp³-hybridized carbons (Fsp3) is 0.286. The Balaban J connectivity index is 2.18. The van der Waals surface area contributed by atoms with Gasteiger partial charge in [-0.05, 0) is 26.0 Å². The van der Waals surface area contributed by atoms with Crippen LogP contribution in [0.5, 0.6) is 0 Å². The zero-order valence-electron chi connectivity index (χ0n) is 12.3. The van der Waals surface area contributed by atoms with Gasteiger partial charge in [-0.3, -0.25) is 10.1 Å². The molecule has 0 saturated carbocycles. The number of nitrogens with one attached hydrogen (secondary N) is 1. The van der Waals surface area contributed by atoms with Crippen molar-refractivity contribution in [3.05, 3.63) is 40.6 Å². The van der Waals surface area contributed by atoms with Gasteiger partial charge in [-0.1, -0.05) is 0 Å². The van der Waals surface area contributed by atoms with E-state index in [4.69, 9.17) is 4.42 Å². The molecule has 1 aromatic carbocycles. The van der Waals surface area contributed by atoms with Crippen molar-refractivity contribution in [1.29, 1.82) is 0 Å². The second-order valence-electron chi connectivity index (χ2n) is 5.08. The molecule has 0 unspecified atom stereocenters. The summed E-state index contributed by atoms with van der Waals surface area (Å²) in [6.45, 7) is 3.27. The lowest BCUT2D eigenvalue weighted by molar-refractivity contribution is -0.384. The van der Waals surface area contributed by atoms with E-state index in [0.717, 1.165) is 0 Å². The molecule has 0 saturated heterocycles. The van der Waals surface area contributed by atoms with E-state index in [-0.39, 0.29) is 11.7 Å². The molecule has 1 aromatic heterocycles. The lowest BCUT2D eigenvalue weighted by Gasteiger charge is -2.21. The highest BCUT2D eigenvalue weighted by molar-refractivity contribution is 5.82. The average molecular weight is 305 g/mol. The third-order valence-electron chi connectivity index (χ3n) is 2.99. The second-order valence-corrected chi connectivity index (χ2v) is 5.08. The summed E-state index contributed by atoms with van der Waals surface area (Å²) in [5, 5.41) is 13.4. The Labute approximate surface area is 126 Å². The predicted molar refractivity (Wildman–Crippen MR) is 78.3 cm³/mol. The molecule has 2 aromatic rings. The Kier molecular flexibility index (Phi) is 4.11. The number of methoxy groups -OCH3 is 1. The molecule has 0 fully saturated rings. The molecule has 0 spiro atoms. The Bertz CT molecular complexity index is 691. The summed E-state index contributed by atoms with van der Waals surface area (Å²) >= 11 is 0. The van der Waals surface area contributed by atoms with E-state index in [9.17, 15) is 14.9 Å². The number of anilines is 1. The van der Waals surface area contributed by atoms with Gasteiger partial charge in [-0.2, -0.15) is 4.98 Å². The van der Waals surface area contributed by atoms with Crippen molar-refractivity contribution in [2.45, 2.75) is 19.4 Å². The third kappa shape index (κ3) is 3.22. The Morgan fingerprint density at radius 3 is 2.55 bits per heavy atom. The molecule has 0 radical (unpaired) electrons. The van der Waals surface area contributed by atoms with Gasteiger partial charge in [-0.15, -0.1) is 0 Å². The number of nitrogens with zero attached hydrogens (tertiary/aromatic N) is 2. The van der Waals surface area contributed by atoms with Crippen LogP contribution in [0.2, 0.25) is 0 Å². The first-order chi connectivity index (χ1) is 10.3. The molecule has 0 atom stereocenters. The van der Waals surface area contributed by atoms with Crippen LogP contribution in [0.25, 0.3) is 11.3 Å². The van der Waals surface area contributed by atoms with E-state index in [1.54, 1.807) is 26.0 Å². The summed E-state index contributed by atoms with van der Waals surface area (Å²) in [6, 6.07) is 6.07. The van der Waals surface area contributed by atoms with E-state index in [0.29, 0.717) is 11.3 Å². The minimum Gasteiger partial charge on any atom is -0.467 e. The van der Waals surface area contributed by atoms with Gasteiger partial charge >= 0.3 is 5.97 Å². The normalized spacial score (nSPS) is 11.0. The number of hydrogen-bond acceptors (Lipinski definition) is 7. The van der Waals surface area contributed by atoms with Gasteiger partial charge in [0, 0.05) is 17.7 Å². The zero-order valence-corrected chi connectivity index (χ0v) is 12.3. The second kappa shape index (κ2) is 5.84. The van der Waals surface area contributed by atoms with Gasteiger partial charge in [0.05, 0.1) is 12.0 Å². The minimum atomic E-state index is -0.994. The lowest BCUT2D eigenvalue weighted by atomic mass is 10.1. The van der Waals surface area contributed by atoms with Gasteiger partial charge in [-0.25, -0.2) is 4.79 Å². The number of nitro benzene ring substituents is 1. The van der Waals surface area contributed by atoms with Crippen LogP contribution in [0.3, 0.4) is 0 Å². The molecule has 2 rings (SSSR count). The summed E-state index contributed by atoms with van der Waals surface area (Å²) < 4.78 is 9.94. The largest absolute Gasteiger partial charge is 0.467 e. The molecule has 0 aliphatic carbocycles. The number of hydrogen-bond donors (Lipinski definition) is 1. The number of non-ortho nitro benzene ring substituents is 1. The van der Waals surface area contributed by atoms with Crippen LogP contribution in [-0.2, 0) is 9.53 Å². The zero-order chi connectivity index (χ0) is 16.3. The van der Waals surface area contributed by atoms with E-state index in [1.165, 1.54) is 25.5 Å². The first kappa shape index (κ1) is 15.5. The summed E-state index contributed by atoms with van der Waals surface area (Å²) in [4.78, 5) is 25.9. The fourth-order valence-electron chi connectivity index (χ4n) is 1.79. The van der Waals surface area contributed by atoms with Crippen molar-refractivity contribution in [2.24, 2.45) is 0 Å². The molecular weight excluding hydrogens is 290 g/mol. The minimum absolute atomic E-state index is 0.00239. The van der Waals surface area contributed by atoms with Crippen LogP contribution < -0.4 is 5.32 Å². The van der Waals surface area contributed by atoms with Crippen molar-refractivity contribution in [2.75, 3.05) is 12.4 Å². The summed E-state index contributed by atoms with van der Waals surface area (Å²) in [7, 11) is 1.30. The Hall–Kier alpha value is -2.90. The lowest BCUT2D eigenvalue weighted by Crippen LogP contribution is -2.41. The van der Waals surface area contributed by atoms with Crippen molar-refractivity contribution in [1.82, 2.24) is 4.98 Å². The van der Waals surface area contributed by atoms with Crippen LogP contribution >= 0.6 is 0 Å². The quantitative estimate of drug-likeness (QED) is 0.514. The number of nitro groups is 1. The number of oxazole rings is 1. The summed E-state index contributed by atoms with van der Waals surface area (Å²) in [6.07, 6.45) is 1.40. The highest BCUT2D eigenvalue weighted by atomic mass is 16.6. The molecule has 116 valence electrons. The van der Waals surface area contributed by atoms with E-state index < -0.39 is 16.4 Å². The Morgan fingerprint density at radius 1 is 1.36 bits per heavy atom.